The summed E-state index contributed by atoms with van der Waals surface area (Å²) >= 11 is 3.98. The maximum Gasteiger partial charge on any atom is 0.304 e. The maximum atomic E-state index is 10.0. The molecule has 4 heteroatoms. The number of nitrogens with two attached hydrogens (primary N) is 1. The number of carboxylic acids is 1. The van der Waals surface area contributed by atoms with Crippen molar-refractivity contribution in [2.45, 2.75) is 24.6 Å². The number of thiol groups is 1. The Morgan fingerprint density at radius 2 is 2.33 bits per heavy atom. The van der Waals surface area contributed by atoms with Gasteiger partial charge in [0.15, 0.2) is 0 Å². The largest absolute Gasteiger partial charge is 0.481 e. The van der Waals surface area contributed by atoms with Crippen LogP contribution in [0.4, 0.5) is 0 Å². The first-order chi connectivity index (χ1) is 4.04. The molecule has 0 rings (SSSR count). The first-order valence-corrected chi connectivity index (χ1v) is 3.21. The number of carboxylic acid groups (broad SMARTS) is 1. The summed E-state index contributed by atoms with van der Waals surface area (Å²) in [5.41, 5.74) is 5.36. The summed E-state index contributed by atoms with van der Waals surface area (Å²) in [7, 11) is 0. The minimum atomic E-state index is -0.872. The van der Waals surface area contributed by atoms with Gasteiger partial charge in [0.1, 0.15) is 0 Å². The quantitative estimate of drug-likeness (QED) is 0.499. The Morgan fingerprint density at radius 3 is 2.44 bits per heavy atom. The minimum Gasteiger partial charge on any atom is -0.481 e. The van der Waals surface area contributed by atoms with Gasteiger partial charge in [0, 0.05) is 11.3 Å². The van der Waals surface area contributed by atoms with Crippen LogP contribution in [0.3, 0.4) is 0 Å². The molecule has 0 bridgehead atoms. The molecule has 0 aromatic heterocycles. The summed E-state index contributed by atoms with van der Waals surface area (Å²) < 4.78 is 0. The summed E-state index contributed by atoms with van der Waals surface area (Å²) in [5, 5.41) is 8.16. The molecule has 2 atom stereocenters. The first-order valence-electron chi connectivity index (χ1n) is 2.69. The van der Waals surface area contributed by atoms with E-state index >= 15 is 0 Å². The Labute approximate surface area is 59.6 Å². The van der Waals surface area contributed by atoms with Crippen molar-refractivity contribution in [1.29, 1.82) is 0 Å². The third kappa shape index (κ3) is 4.29. The van der Waals surface area contributed by atoms with Crippen molar-refractivity contribution in [1.82, 2.24) is 0 Å². The number of aliphatic carboxylic acids is 1. The Balaban J connectivity index is 3.50. The third-order valence-electron chi connectivity index (χ3n) is 1.03. The molecule has 54 valence electrons. The Bertz CT molecular complexity index is 105. The van der Waals surface area contributed by atoms with Crippen molar-refractivity contribution in [3.05, 3.63) is 0 Å². The van der Waals surface area contributed by atoms with Crippen LogP contribution in [-0.2, 0) is 4.79 Å². The van der Waals surface area contributed by atoms with Crippen LogP contribution in [0.25, 0.3) is 0 Å². The van der Waals surface area contributed by atoms with Crippen molar-refractivity contribution >= 4 is 18.6 Å². The predicted octanol–water partition coefficient (Wildman–Crippen LogP) is 0.107. The predicted molar refractivity (Wildman–Crippen MR) is 38.7 cm³/mol. The fourth-order valence-corrected chi connectivity index (χ4v) is 0.478. The lowest BCUT2D eigenvalue weighted by Crippen LogP contribution is -2.31. The normalized spacial score (nSPS) is 16.8. The second kappa shape index (κ2) is 3.74. The summed E-state index contributed by atoms with van der Waals surface area (Å²) in [5.74, 6) is -0.872. The van der Waals surface area contributed by atoms with Crippen LogP contribution in [0.5, 0.6) is 0 Å². The molecule has 3 N–H and O–H groups in total. The number of rotatable bonds is 3. The maximum absolute atomic E-state index is 10.0. The van der Waals surface area contributed by atoms with Gasteiger partial charge in [0.2, 0.25) is 0 Å². The molecule has 0 aliphatic carbocycles. The van der Waals surface area contributed by atoms with Crippen LogP contribution in [0.1, 0.15) is 13.3 Å². The van der Waals surface area contributed by atoms with Gasteiger partial charge >= 0.3 is 5.97 Å². The van der Waals surface area contributed by atoms with Crippen LogP contribution in [0.2, 0.25) is 0 Å². The molecule has 0 amide bonds. The zero-order valence-corrected chi connectivity index (χ0v) is 6.14. The molecule has 0 saturated heterocycles. The van der Waals surface area contributed by atoms with Crippen molar-refractivity contribution in [2.24, 2.45) is 5.73 Å². The number of carbonyl (C=O) groups is 1. The first kappa shape index (κ1) is 8.78. The molecule has 0 heterocycles. The Hall–Kier alpha value is -0.220. The molecule has 0 spiro atoms. The molecule has 3 nitrogen and oxygen atoms in total. The van der Waals surface area contributed by atoms with Gasteiger partial charge in [-0.25, -0.2) is 0 Å². The van der Waals surface area contributed by atoms with E-state index in [4.69, 9.17) is 10.8 Å². The van der Waals surface area contributed by atoms with Crippen LogP contribution >= 0.6 is 12.6 Å². The Kier molecular flexibility index (Phi) is 3.65. The third-order valence-corrected chi connectivity index (χ3v) is 1.41. The monoisotopic (exact) mass is 149 g/mol. The van der Waals surface area contributed by atoms with E-state index in [-0.39, 0.29) is 17.7 Å². The second-order valence-corrected chi connectivity index (χ2v) is 2.82. The molecule has 0 saturated carbocycles. The molecule has 0 radical (unpaired) electrons. The van der Waals surface area contributed by atoms with Crippen LogP contribution in [0, 0.1) is 0 Å². The van der Waals surface area contributed by atoms with E-state index in [0.717, 1.165) is 0 Å². The molecule has 2 unspecified atom stereocenters. The van der Waals surface area contributed by atoms with Crippen LogP contribution in [-0.4, -0.2) is 22.4 Å². The lowest BCUT2D eigenvalue weighted by molar-refractivity contribution is -0.137. The SMILES string of the molecule is CC(S)C(N)CC(=O)O. The summed E-state index contributed by atoms with van der Waals surface area (Å²) in [6, 6.07) is -0.342. The van der Waals surface area contributed by atoms with E-state index in [1.54, 1.807) is 6.92 Å². The lowest BCUT2D eigenvalue weighted by Gasteiger charge is -2.10. The minimum absolute atomic E-state index is 0.00926. The van der Waals surface area contributed by atoms with Gasteiger partial charge in [-0.1, -0.05) is 6.92 Å². The van der Waals surface area contributed by atoms with E-state index in [9.17, 15) is 4.79 Å². The highest BCUT2D eigenvalue weighted by molar-refractivity contribution is 7.81. The van der Waals surface area contributed by atoms with Gasteiger partial charge in [-0.15, -0.1) is 0 Å². The Morgan fingerprint density at radius 1 is 1.89 bits per heavy atom. The zero-order valence-electron chi connectivity index (χ0n) is 5.24. The summed E-state index contributed by atoms with van der Waals surface area (Å²) in [4.78, 5) is 10.0. The average Bonchev–Trinajstić information content (AvgIpc) is 1.63. The standard InChI is InChI=1S/C5H11NO2S/c1-3(9)4(6)2-5(7)8/h3-4,9H,2,6H2,1H3,(H,7,8). The van der Waals surface area contributed by atoms with Gasteiger partial charge in [-0.3, -0.25) is 4.79 Å². The number of hydrogen-bond acceptors (Lipinski definition) is 3. The van der Waals surface area contributed by atoms with Gasteiger partial charge < -0.3 is 10.8 Å². The molecule has 0 fully saturated rings. The highest BCUT2D eigenvalue weighted by atomic mass is 32.1. The van der Waals surface area contributed by atoms with Crippen molar-refractivity contribution in [3.8, 4) is 0 Å². The molecule has 0 aromatic carbocycles. The molecule has 0 aromatic rings. The molecule has 0 aliphatic heterocycles. The van der Waals surface area contributed by atoms with E-state index in [1.807, 2.05) is 0 Å². The summed E-state index contributed by atoms with van der Waals surface area (Å²) in [6.45, 7) is 1.77. The fourth-order valence-electron chi connectivity index (χ4n) is 0.372. The van der Waals surface area contributed by atoms with E-state index in [2.05, 4.69) is 12.6 Å². The topological polar surface area (TPSA) is 63.3 Å². The molecular formula is C5H11NO2S. The fraction of sp³-hybridized carbons (Fsp3) is 0.800. The lowest BCUT2D eigenvalue weighted by atomic mass is 10.2. The van der Waals surface area contributed by atoms with Gasteiger partial charge in [0.05, 0.1) is 6.42 Å². The van der Waals surface area contributed by atoms with E-state index < -0.39 is 5.97 Å². The van der Waals surface area contributed by atoms with Gasteiger partial charge in [-0.05, 0) is 0 Å². The van der Waals surface area contributed by atoms with E-state index in [0.29, 0.717) is 0 Å². The van der Waals surface area contributed by atoms with Gasteiger partial charge in [0.25, 0.3) is 0 Å². The van der Waals surface area contributed by atoms with Crippen molar-refractivity contribution in [3.63, 3.8) is 0 Å². The van der Waals surface area contributed by atoms with Crippen molar-refractivity contribution in [2.75, 3.05) is 0 Å². The molecule has 9 heavy (non-hydrogen) atoms. The molecule has 0 aliphatic rings. The van der Waals surface area contributed by atoms with Crippen molar-refractivity contribution < 1.29 is 9.90 Å². The van der Waals surface area contributed by atoms with Gasteiger partial charge in [-0.2, -0.15) is 12.6 Å². The van der Waals surface area contributed by atoms with Crippen LogP contribution < -0.4 is 5.73 Å². The number of hydrogen-bond donors (Lipinski definition) is 3. The average molecular weight is 149 g/mol. The molecular weight excluding hydrogens is 138 g/mol. The zero-order chi connectivity index (χ0) is 7.44. The highest BCUT2D eigenvalue weighted by Gasteiger charge is 2.11. The van der Waals surface area contributed by atoms with Crippen LogP contribution in [0.15, 0.2) is 0 Å². The summed E-state index contributed by atoms with van der Waals surface area (Å²) in [6.07, 6.45) is -0.00926. The van der Waals surface area contributed by atoms with E-state index in [1.165, 1.54) is 0 Å². The highest BCUT2D eigenvalue weighted by Crippen LogP contribution is 2.01. The smallest absolute Gasteiger partial charge is 0.304 e. The second-order valence-electron chi connectivity index (χ2n) is 2.00.